The molecule has 2 atom stereocenters. The predicted octanol–water partition coefficient (Wildman–Crippen LogP) is 0.544. The Kier molecular flexibility index (Phi) is 2.98. The van der Waals surface area contributed by atoms with Crippen LogP contribution in [0.5, 0.6) is 0 Å². The molecule has 0 radical (unpaired) electrons. The SMILES string of the molecule is C1COC(CC2CNCCO2)C1. The van der Waals surface area contributed by atoms with Crippen LogP contribution in [0.1, 0.15) is 19.3 Å². The van der Waals surface area contributed by atoms with Gasteiger partial charge in [0.2, 0.25) is 0 Å². The first-order valence-corrected chi connectivity index (χ1v) is 4.89. The van der Waals surface area contributed by atoms with E-state index < -0.39 is 0 Å². The lowest BCUT2D eigenvalue weighted by Gasteiger charge is -2.25. The van der Waals surface area contributed by atoms with Crippen LogP contribution in [0.4, 0.5) is 0 Å². The quantitative estimate of drug-likeness (QED) is 0.658. The molecule has 2 saturated heterocycles. The van der Waals surface area contributed by atoms with Gasteiger partial charge in [-0.3, -0.25) is 0 Å². The van der Waals surface area contributed by atoms with E-state index in [0.29, 0.717) is 12.2 Å². The molecule has 2 aliphatic rings. The fraction of sp³-hybridized carbons (Fsp3) is 1.00. The predicted molar refractivity (Wildman–Crippen MR) is 46.2 cm³/mol. The van der Waals surface area contributed by atoms with Crippen molar-refractivity contribution in [2.75, 3.05) is 26.3 Å². The molecule has 0 spiro atoms. The second-order valence-corrected chi connectivity index (χ2v) is 3.57. The van der Waals surface area contributed by atoms with Crippen molar-refractivity contribution >= 4 is 0 Å². The third-order valence-corrected chi connectivity index (χ3v) is 2.55. The lowest BCUT2D eigenvalue weighted by Crippen LogP contribution is -2.40. The Balaban J connectivity index is 1.69. The topological polar surface area (TPSA) is 30.5 Å². The zero-order chi connectivity index (χ0) is 8.23. The Bertz CT molecular complexity index is 128. The Morgan fingerprint density at radius 3 is 2.75 bits per heavy atom. The first-order valence-electron chi connectivity index (χ1n) is 4.89. The van der Waals surface area contributed by atoms with E-state index in [9.17, 15) is 0 Å². The van der Waals surface area contributed by atoms with E-state index in [1.54, 1.807) is 0 Å². The standard InChI is InChI=1S/C9H17NO2/c1-2-8(11-4-1)6-9-7-10-3-5-12-9/h8-10H,1-7H2. The maximum absolute atomic E-state index is 5.60. The van der Waals surface area contributed by atoms with Gasteiger partial charge >= 0.3 is 0 Å². The van der Waals surface area contributed by atoms with Gasteiger partial charge in [0.15, 0.2) is 0 Å². The molecule has 2 rings (SSSR count). The van der Waals surface area contributed by atoms with Gasteiger partial charge in [-0.2, -0.15) is 0 Å². The molecule has 12 heavy (non-hydrogen) atoms. The molecule has 0 saturated carbocycles. The molecule has 0 aliphatic carbocycles. The van der Waals surface area contributed by atoms with Gasteiger partial charge in [-0.15, -0.1) is 0 Å². The van der Waals surface area contributed by atoms with Crippen molar-refractivity contribution in [3.05, 3.63) is 0 Å². The van der Waals surface area contributed by atoms with Gasteiger partial charge < -0.3 is 14.8 Å². The zero-order valence-electron chi connectivity index (χ0n) is 7.42. The molecule has 1 N–H and O–H groups in total. The molecule has 0 bridgehead atoms. The van der Waals surface area contributed by atoms with Crippen molar-refractivity contribution in [1.29, 1.82) is 0 Å². The first kappa shape index (κ1) is 8.48. The van der Waals surface area contributed by atoms with E-state index in [2.05, 4.69) is 5.32 Å². The number of hydrogen-bond acceptors (Lipinski definition) is 3. The Morgan fingerprint density at radius 1 is 1.17 bits per heavy atom. The van der Waals surface area contributed by atoms with Gasteiger partial charge in [0.05, 0.1) is 18.8 Å². The van der Waals surface area contributed by atoms with Crippen LogP contribution in [0.15, 0.2) is 0 Å². The highest BCUT2D eigenvalue weighted by atomic mass is 16.5. The first-order chi connectivity index (χ1) is 5.95. The maximum atomic E-state index is 5.60. The zero-order valence-corrected chi connectivity index (χ0v) is 7.42. The van der Waals surface area contributed by atoms with Gasteiger partial charge in [-0.25, -0.2) is 0 Å². The largest absolute Gasteiger partial charge is 0.378 e. The smallest absolute Gasteiger partial charge is 0.0724 e. The van der Waals surface area contributed by atoms with Crippen LogP contribution >= 0.6 is 0 Å². The third-order valence-electron chi connectivity index (χ3n) is 2.55. The highest BCUT2D eigenvalue weighted by molar-refractivity contribution is 4.74. The summed E-state index contributed by atoms with van der Waals surface area (Å²) in [6, 6.07) is 0. The van der Waals surface area contributed by atoms with Gasteiger partial charge in [-0.1, -0.05) is 0 Å². The fourth-order valence-corrected chi connectivity index (χ4v) is 1.89. The monoisotopic (exact) mass is 171 g/mol. The third kappa shape index (κ3) is 2.19. The number of nitrogens with one attached hydrogen (secondary N) is 1. The average molecular weight is 171 g/mol. The molecule has 2 heterocycles. The molecule has 2 fully saturated rings. The van der Waals surface area contributed by atoms with Crippen molar-refractivity contribution in [3.63, 3.8) is 0 Å². The highest BCUT2D eigenvalue weighted by Crippen LogP contribution is 2.18. The highest BCUT2D eigenvalue weighted by Gasteiger charge is 2.22. The second-order valence-electron chi connectivity index (χ2n) is 3.57. The van der Waals surface area contributed by atoms with Crippen LogP contribution in [0.25, 0.3) is 0 Å². The van der Waals surface area contributed by atoms with E-state index in [4.69, 9.17) is 9.47 Å². The second kappa shape index (κ2) is 4.21. The van der Waals surface area contributed by atoms with E-state index in [1.165, 1.54) is 12.8 Å². The number of rotatable bonds is 2. The summed E-state index contributed by atoms with van der Waals surface area (Å²) in [5.74, 6) is 0. The molecule has 0 aromatic rings. The minimum atomic E-state index is 0.391. The maximum Gasteiger partial charge on any atom is 0.0724 e. The normalized spacial score (nSPS) is 37.0. The van der Waals surface area contributed by atoms with Crippen LogP contribution in [0, 0.1) is 0 Å². The van der Waals surface area contributed by atoms with Crippen molar-refractivity contribution < 1.29 is 9.47 Å². The van der Waals surface area contributed by atoms with Gasteiger partial charge in [0.25, 0.3) is 0 Å². The van der Waals surface area contributed by atoms with E-state index in [-0.39, 0.29) is 0 Å². The summed E-state index contributed by atoms with van der Waals surface area (Å²) in [7, 11) is 0. The summed E-state index contributed by atoms with van der Waals surface area (Å²) in [6.07, 6.45) is 4.38. The Hall–Kier alpha value is -0.120. The minimum Gasteiger partial charge on any atom is -0.378 e. The number of hydrogen-bond donors (Lipinski definition) is 1. The van der Waals surface area contributed by atoms with Crippen LogP contribution in [0.2, 0.25) is 0 Å². The van der Waals surface area contributed by atoms with E-state index in [1.807, 2.05) is 0 Å². The summed E-state index contributed by atoms with van der Waals surface area (Å²) in [5.41, 5.74) is 0. The van der Waals surface area contributed by atoms with Gasteiger partial charge in [0, 0.05) is 26.1 Å². The van der Waals surface area contributed by atoms with Crippen LogP contribution in [0.3, 0.4) is 0 Å². The molecule has 70 valence electrons. The van der Waals surface area contributed by atoms with Gasteiger partial charge in [0.1, 0.15) is 0 Å². The molecule has 0 amide bonds. The lowest BCUT2D eigenvalue weighted by molar-refractivity contribution is -0.0114. The summed E-state index contributed by atoms with van der Waals surface area (Å²) in [6.45, 7) is 3.81. The Morgan fingerprint density at radius 2 is 2.08 bits per heavy atom. The van der Waals surface area contributed by atoms with Crippen molar-refractivity contribution in [2.24, 2.45) is 0 Å². The summed E-state index contributed by atoms with van der Waals surface area (Å²) < 4.78 is 11.1. The summed E-state index contributed by atoms with van der Waals surface area (Å²) >= 11 is 0. The van der Waals surface area contributed by atoms with Crippen LogP contribution in [-0.2, 0) is 9.47 Å². The van der Waals surface area contributed by atoms with Gasteiger partial charge in [-0.05, 0) is 12.8 Å². The fourth-order valence-electron chi connectivity index (χ4n) is 1.89. The molecule has 2 unspecified atom stereocenters. The molecule has 3 nitrogen and oxygen atoms in total. The van der Waals surface area contributed by atoms with Crippen LogP contribution in [-0.4, -0.2) is 38.5 Å². The van der Waals surface area contributed by atoms with Crippen molar-refractivity contribution in [1.82, 2.24) is 5.32 Å². The summed E-state index contributed by atoms with van der Waals surface area (Å²) in [4.78, 5) is 0. The average Bonchev–Trinajstić information content (AvgIpc) is 2.59. The van der Waals surface area contributed by atoms with E-state index in [0.717, 1.165) is 32.7 Å². The van der Waals surface area contributed by atoms with Crippen molar-refractivity contribution in [2.45, 2.75) is 31.5 Å². The molecule has 2 aliphatic heterocycles. The molecule has 0 aromatic heterocycles. The number of morpholine rings is 1. The van der Waals surface area contributed by atoms with Crippen LogP contribution < -0.4 is 5.32 Å². The lowest BCUT2D eigenvalue weighted by atomic mass is 10.1. The minimum absolute atomic E-state index is 0.391. The molecular formula is C9H17NO2. The Labute approximate surface area is 73.4 Å². The molecular weight excluding hydrogens is 154 g/mol. The molecule has 3 heteroatoms. The number of ether oxygens (including phenoxy) is 2. The van der Waals surface area contributed by atoms with Crippen molar-refractivity contribution in [3.8, 4) is 0 Å². The summed E-state index contributed by atoms with van der Waals surface area (Å²) in [5, 5.41) is 3.33. The molecule has 0 aromatic carbocycles. The van der Waals surface area contributed by atoms with E-state index >= 15 is 0 Å².